The van der Waals surface area contributed by atoms with Gasteiger partial charge in [-0.2, -0.15) is 0 Å². The first-order chi connectivity index (χ1) is 18.3. The number of ether oxygens (including phenoxy) is 1. The summed E-state index contributed by atoms with van der Waals surface area (Å²) < 4.78 is 31.1. The zero-order valence-corrected chi connectivity index (χ0v) is 23.9. The second-order valence-electron chi connectivity index (χ2n) is 11.0. The number of hydrogen-bond acceptors (Lipinski definition) is 6. The lowest BCUT2D eigenvalue weighted by atomic mass is 9.90. The Labute approximate surface area is 228 Å². The van der Waals surface area contributed by atoms with Crippen molar-refractivity contribution in [1.82, 2.24) is 5.32 Å². The van der Waals surface area contributed by atoms with Crippen molar-refractivity contribution in [2.24, 2.45) is 11.8 Å². The number of benzene rings is 2. The summed E-state index contributed by atoms with van der Waals surface area (Å²) >= 11 is 0. The predicted octanol–water partition coefficient (Wildman–Crippen LogP) is 4.55. The monoisotopic (exact) mass is 541 g/mol. The summed E-state index contributed by atoms with van der Waals surface area (Å²) in [7, 11) is -1.91. The Bertz CT molecular complexity index is 1170. The van der Waals surface area contributed by atoms with Crippen molar-refractivity contribution in [2.75, 3.05) is 62.5 Å². The van der Waals surface area contributed by atoms with Gasteiger partial charge in [-0.05, 0) is 68.1 Å². The highest BCUT2D eigenvalue weighted by Gasteiger charge is 2.29. The molecule has 0 saturated carbocycles. The van der Waals surface area contributed by atoms with Gasteiger partial charge in [0.2, 0.25) is 0 Å². The second-order valence-corrected chi connectivity index (χ2v) is 13.0. The van der Waals surface area contributed by atoms with Crippen molar-refractivity contribution >= 4 is 27.1 Å². The van der Waals surface area contributed by atoms with E-state index in [0.717, 1.165) is 69.7 Å². The van der Waals surface area contributed by atoms with Gasteiger partial charge in [-0.15, -0.1) is 0 Å². The van der Waals surface area contributed by atoms with Crippen molar-refractivity contribution in [1.29, 1.82) is 0 Å². The SMILES string of the molecule is COCCCNC(=O)c1cc(S(C)(=O)=O)c(N2CCC(Cc3ccccc3)CC2)cc1N1CCC(C)CC1. The molecule has 0 atom stereocenters. The minimum absolute atomic E-state index is 0.229. The van der Waals surface area contributed by atoms with E-state index in [1.807, 2.05) is 12.1 Å². The van der Waals surface area contributed by atoms with Crippen LogP contribution in [0.25, 0.3) is 0 Å². The number of nitrogens with one attached hydrogen (secondary N) is 1. The van der Waals surface area contributed by atoms with Crippen LogP contribution in [0.2, 0.25) is 0 Å². The zero-order chi connectivity index (χ0) is 27.1. The van der Waals surface area contributed by atoms with Gasteiger partial charge in [0.05, 0.1) is 21.8 Å². The van der Waals surface area contributed by atoms with Gasteiger partial charge in [0.15, 0.2) is 9.84 Å². The summed E-state index contributed by atoms with van der Waals surface area (Å²) in [5.74, 6) is 0.999. The van der Waals surface area contributed by atoms with E-state index in [1.54, 1.807) is 13.2 Å². The summed E-state index contributed by atoms with van der Waals surface area (Å²) in [6.07, 6.45) is 7.13. The number of piperidine rings is 2. The molecule has 0 unspecified atom stereocenters. The minimum Gasteiger partial charge on any atom is -0.385 e. The maximum Gasteiger partial charge on any atom is 0.253 e. The Hall–Kier alpha value is -2.58. The van der Waals surface area contributed by atoms with Gasteiger partial charge in [-0.25, -0.2) is 8.42 Å². The summed E-state index contributed by atoms with van der Waals surface area (Å²) in [5.41, 5.74) is 3.37. The lowest BCUT2D eigenvalue weighted by molar-refractivity contribution is 0.0949. The fourth-order valence-corrected chi connectivity index (χ4v) is 6.53. The highest BCUT2D eigenvalue weighted by atomic mass is 32.2. The number of nitrogens with zero attached hydrogens (tertiary/aromatic N) is 2. The Balaban J connectivity index is 1.62. The lowest BCUT2D eigenvalue weighted by Crippen LogP contribution is -2.37. The zero-order valence-electron chi connectivity index (χ0n) is 23.1. The molecular weight excluding hydrogens is 498 g/mol. The molecule has 38 heavy (non-hydrogen) atoms. The van der Waals surface area contributed by atoms with Gasteiger partial charge in [0.25, 0.3) is 5.91 Å². The van der Waals surface area contributed by atoms with Gasteiger partial charge in [-0.1, -0.05) is 37.3 Å². The molecule has 2 fully saturated rings. The van der Waals surface area contributed by atoms with Crippen molar-refractivity contribution in [3.8, 4) is 0 Å². The van der Waals surface area contributed by atoms with Crippen LogP contribution in [-0.4, -0.2) is 67.0 Å². The standard InChI is InChI=1S/C30H43N3O4S/c1-23-10-15-32(16-11-23)27-22-28(33-17-12-25(13-18-33)20-24-8-5-4-6-9-24)29(38(3,35)36)21-26(27)30(34)31-14-7-19-37-2/h4-6,8-9,21-23,25H,7,10-20H2,1-3H3,(H,31,34). The van der Waals surface area contributed by atoms with E-state index in [9.17, 15) is 13.2 Å². The van der Waals surface area contributed by atoms with E-state index in [2.05, 4.69) is 46.3 Å². The van der Waals surface area contributed by atoms with E-state index >= 15 is 0 Å². The highest BCUT2D eigenvalue weighted by Crippen LogP contribution is 2.37. The number of hydrogen-bond donors (Lipinski definition) is 1. The fraction of sp³-hybridized carbons (Fsp3) is 0.567. The molecule has 2 aliphatic rings. The number of methoxy groups -OCH3 is 1. The molecule has 2 saturated heterocycles. The van der Waals surface area contributed by atoms with E-state index in [-0.39, 0.29) is 10.8 Å². The summed E-state index contributed by atoms with van der Waals surface area (Å²) in [6.45, 7) is 6.64. The average molecular weight is 542 g/mol. The van der Waals surface area contributed by atoms with Crippen LogP contribution in [0.5, 0.6) is 0 Å². The molecule has 0 aliphatic carbocycles. The number of amides is 1. The molecule has 1 amide bonds. The molecule has 2 heterocycles. The van der Waals surface area contributed by atoms with Gasteiger partial charge in [0, 0.05) is 52.7 Å². The van der Waals surface area contributed by atoms with Crippen LogP contribution in [0.3, 0.4) is 0 Å². The van der Waals surface area contributed by atoms with Crippen LogP contribution in [0.4, 0.5) is 11.4 Å². The van der Waals surface area contributed by atoms with Crippen LogP contribution in [0.1, 0.15) is 54.9 Å². The molecule has 2 aromatic rings. The third-order valence-electron chi connectivity index (χ3n) is 7.98. The van der Waals surface area contributed by atoms with Crippen LogP contribution in [-0.2, 0) is 21.0 Å². The fourth-order valence-electron chi connectivity index (χ4n) is 5.63. The average Bonchev–Trinajstić information content (AvgIpc) is 2.91. The maximum absolute atomic E-state index is 13.3. The van der Waals surface area contributed by atoms with Crippen molar-refractivity contribution in [3.63, 3.8) is 0 Å². The molecule has 208 valence electrons. The Kier molecular flexibility index (Phi) is 9.71. The molecular formula is C30H43N3O4S. The Morgan fingerprint density at radius 1 is 0.974 bits per heavy atom. The minimum atomic E-state index is -3.55. The molecule has 7 nitrogen and oxygen atoms in total. The van der Waals surface area contributed by atoms with Crippen molar-refractivity contribution in [2.45, 2.75) is 50.3 Å². The first kappa shape index (κ1) is 28.4. The molecule has 4 rings (SSSR count). The van der Waals surface area contributed by atoms with Crippen LogP contribution < -0.4 is 15.1 Å². The normalized spacial score (nSPS) is 17.6. The van der Waals surface area contributed by atoms with Crippen LogP contribution in [0, 0.1) is 11.8 Å². The number of carbonyl (C=O) groups is 1. The smallest absolute Gasteiger partial charge is 0.253 e. The van der Waals surface area contributed by atoms with Crippen LogP contribution >= 0.6 is 0 Å². The lowest BCUT2D eigenvalue weighted by Gasteiger charge is -2.37. The van der Waals surface area contributed by atoms with E-state index in [1.165, 1.54) is 11.8 Å². The van der Waals surface area contributed by atoms with Crippen molar-refractivity contribution in [3.05, 3.63) is 53.6 Å². The third kappa shape index (κ3) is 7.29. The van der Waals surface area contributed by atoms with E-state index < -0.39 is 9.84 Å². The molecule has 1 N–H and O–H groups in total. The number of sulfone groups is 1. The quantitative estimate of drug-likeness (QED) is 0.445. The topological polar surface area (TPSA) is 78.9 Å². The summed E-state index contributed by atoms with van der Waals surface area (Å²) in [5, 5.41) is 2.97. The Morgan fingerprint density at radius 2 is 1.61 bits per heavy atom. The van der Waals surface area contributed by atoms with Crippen LogP contribution in [0.15, 0.2) is 47.4 Å². The molecule has 2 aliphatic heterocycles. The third-order valence-corrected chi connectivity index (χ3v) is 9.10. The van der Waals surface area contributed by atoms with Gasteiger partial charge >= 0.3 is 0 Å². The van der Waals surface area contributed by atoms with Gasteiger partial charge < -0.3 is 19.9 Å². The van der Waals surface area contributed by atoms with E-state index in [4.69, 9.17) is 4.74 Å². The number of rotatable bonds is 10. The van der Waals surface area contributed by atoms with Gasteiger partial charge in [0.1, 0.15) is 0 Å². The maximum atomic E-state index is 13.3. The number of anilines is 2. The summed E-state index contributed by atoms with van der Waals surface area (Å²) in [6, 6.07) is 14.2. The molecule has 2 aromatic carbocycles. The molecule has 0 aromatic heterocycles. The highest BCUT2D eigenvalue weighted by molar-refractivity contribution is 7.90. The summed E-state index contributed by atoms with van der Waals surface area (Å²) in [4.78, 5) is 18.1. The Morgan fingerprint density at radius 3 is 2.24 bits per heavy atom. The number of carbonyl (C=O) groups excluding carboxylic acids is 1. The molecule has 0 spiro atoms. The largest absolute Gasteiger partial charge is 0.385 e. The van der Waals surface area contributed by atoms with Gasteiger partial charge in [-0.3, -0.25) is 4.79 Å². The first-order valence-electron chi connectivity index (χ1n) is 13.9. The molecule has 0 radical (unpaired) electrons. The molecule has 8 heteroatoms. The molecule has 0 bridgehead atoms. The predicted molar refractivity (Wildman–Crippen MR) is 154 cm³/mol. The van der Waals surface area contributed by atoms with Crippen molar-refractivity contribution < 1.29 is 17.9 Å². The first-order valence-corrected chi connectivity index (χ1v) is 15.8. The second kappa shape index (κ2) is 13.0. The van der Waals surface area contributed by atoms with E-state index in [0.29, 0.717) is 37.0 Å².